The Kier molecular flexibility index (Phi) is 3.39. The minimum Gasteiger partial charge on any atom is -0.378 e. The molecule has 1 atom stereocenters. The van der Waals surface area contributed by atoms with Crippen molar-refractivity contribution in [1.82, 2.24) is 19.9 Å². The number of morpholine rings is 1. The lowest BCUT2D eigenvalue weighted by Gasteiger charge is -2.23. The van der Waals surface area contributed by atoms with E-state index in [1.165, 1.54) is 0 Å². The summed E-state index contributed by atoms with van der Waals surface area (Å²) in [6, 6.07) is 3.58. The second-order valence-electron chi connectivity index (χ2n) is 4.41. The Morgan fingerprint density at radius 1 is 1.53 bits per heavy atom. The van der Waals surface area contributed by atoms with Gasteiger partial charge in [-0.05, 0) is 6.07 Å². The molecular formula is C12H15N5O2. The summed E-state index contributed by atoms with van der Waals surface area (Å²) in [5, 5.41) is 10.2. The number of fused-ring (bicyclic) bond motifs is 1. The molecule has 1 amide bonds. The molecule has 0 aliphatic carbocycles. The van der Waals surface area contributed by atoms with Crippen LogP contribution in [0.1, 0.15) is 6.42 Å². The van der Waals surface area contributed by atoms with Crippen molar-refractivity contribution in [1.29, 1.82) is 0 Å². The van der Waals surface area contributed by atoms with E-state index in [-0.39, 0.29) is 11.9 Å². The number of hydrogen-bond acceptors (Lipinski definition) is 5. The molecule has 0 radical (unpaired) electrons. The molecule has 100 valence electrons. The maximum atomic E-state index is 12.0. The van der Waals surface area contributed by atoms with Crippen LogP contribution in [0.4, 0.5) is 5.82 Å². The van der Waals surface area contributed by atoms with Crippen molar-refractivity contribution in [3.05, 3.63) is 24.5 Å². The highest BCUT2D eigenvalue weighted by molar-refractivity contribution is 5.90. The van der Waals surface area contributed by atoms with Crippen LogP contribution in [0.5, 0.6) is 0 Å². The number of anilines is 1. The van der Waals surface area contributed by atoms with Gasteiger partial charge in [0.15, 0.2) is 5.65 Å². The zero-order valence-corrected chi connectivity index (χ0v) is 10.4. The molecule has 0 spiro atoms. The Balaban J connectivity index is 1.67. The molecule has 1 aliphatic rings. The molecule has 0 bridgehead atoms. The first kappa shape index (κ1) is 12.1. The van der Waals surface area contributed by atoms with Crippen LogP contribution in [0.15, 0.2) is 24.5 Å². The van der Waals surface area contributed by atoms with E-state index in [0.29, 0.717) is 31.1 Å². The van der Waals surface area contributed by atoms with Crippen LogP contribution < -0.4 is 10.6 Å². The summed E-state index contributed by atoms with van der Waals surface area (Å²) in [5.74, 6) is 0.558. The van der Waals surface area contributed by atoms with Crippen LogP contribution in [0.2, 0.25) is 0 Å². The molecule has 1 saturated heterocycles. The average Bonchev–Trinajstić information content (AvgIpc) is 2.89. The highest BCUT2D eigenvalue weighted by Gasteiger charge is 2.17. The Bertz CT molecular complexity index is 576. The molecule has 19 heavy (non-hydrogen) atoms. The van der Waals surface area contributed by atoms with Crippen LogP contribution in [0, 0.1) is 0 Å². The normalized spacial score (nSPS) is 19.5. The monoisotopic (exact) mass is 261 g/mol. The van der Waals surface area contributed by atoms with Crippen LogP contribution in [-0.2, 0) is 9.53 Å². The van der Waals surface area contributed by atoms with Gasteiger partial charge in [-0.2, -0.15) is 9.61 Å². The smallest absolute Gasteiger partial charge is 0.227 e. The van der Waals surface area contributed by atoms with Gasteiger partial charge in [0.05, 0.1) is 19.4 Å². The maximum absolute atomic E-state index is 12.0. The van der Waals surface area contributed by atoms with E-state index in [4.69, 9.17) is 4.74 Å². The summed E-state index contributed by atoms with van der Waals surface area (Å²) >= 11 is 0. The molecule has 0 saturated carbocycles. The van der Waals surface area contributed by atoms with E-state index < -0.39 is 0 Å². The summed E-state index contributed by atoms with van der Waals surface area (Å²) in [6.45, 7) is 2.06. The number of carbonyl (C=O) groups is 1. The zero-order valence-electron chi connectivity index (χ0n) is 10.4. The fourth-order valence-corrected chi connectivity index (χ4v) is 2.10. The molecule has 0 aromatic carbocycles. The van der Waals surface area contributed by atoms with Crippen molar-refractivity contribution < 1.29 is 9.53 Å². The van der Waals surface area contributed by atoms with E-state index in [0.717, 1.165) is 6.54 Å². The van der Waals surface area contributed by atoms with Gasteiger partial charge in [0.1, 0.15) is 5.82 Å². The predicted molar refractivity (Wildman–Crippen MR) is 68.8 cm³/mol. The quantitative estimate of drug-likeness (QED) is 0.815. The Morgan fingerprint density at radius 3 is 3.32 bits per heavy atom. The zero-order chi connectivity index (χ0) is 13.1. The standard InChI is InChI=1S/C12H15N5O2/c18-12(7-9-8-19-6-5-13-9)16-11-1-3-14-10-2-4-15-17(10)11/h1-4,9,13H,5-8H2,(H,16,18). The van der Waals surface area contributed by atoms with Crippen LogP contribution >= 0.6 is 0 Å². The molecule has 3 heterocycles. The van der Waals surface area contributed by atoms with E-state index in [1.54, 1.807) is 29.0 Å². The minimum atomic E-state index is -0.0639. The third-order valence-electron chi connectivity index (χ3n) is 2.99. The first-order valence-corrected chi connectivity index (χ1v) is 6.22. The number of rotatable bonds is 3. The lowest BCUT2D eigenvalue weighted by Crippen LogP contribution is -2.43. The largest absolute Gasteiger partial charge is 0.378 e. The van der Waals surface area contributed by atoms with Gasteiger partial charge in [-0.25, -0.2) is 4.98 Å². The number of aromatic nitrogens is 3. The minimum absolute atomic E-state index is 0.0639. The molecule has 2 N–H and O–H groups in total. The van der Waals surface area contributed by atoms with Crippen LogP contribution in [0.3, 0.4) is 0 Å². The number of hydrogen-bond donors (Lipinski definition) is 2. The lowest BCUT2D eigenvalue weighted by molar-refractivity contribution is -0.117. The van der Waals surface area contributed by atoms with E-state index in [2.05, 4.69) is 20.7 Å². The van der Waals surface area contributed by atoms with E-state index in [1.807, 2.05) is 0 Å². The Hall–Kier alpha value is -1.99. The van der Waals surface area contributed by atoms with Gasteiger partial charge in [-0.3, -0.25) is 4.79 Å². The summed E-state index contributed by atoms with van der Waals surface area (Å²) in [4.78, 5) is 16.1. The fourth-order valence-electron chi connectivity index (χ4n) is 2.10. The molecular weight excluding hydrogens is 246 g/mol. The van der Waals surface area contributed by atoms with E-state index >= 15 is 0 Å². The molecule has 7 nitrogen and oxygen atoms in total. The van der Waals surface area contributed by atoms with Gasteiger partial charge in [-0.1, -0.05) is 0 Å². The lowest BCUT2D eigenvalue weighted by atomic mass is 10.2. The molecule has 1 unspecified atom stereocenters. The van der Waals surface area contributed by atoms with Gasteiger partial charge in [0.2, 0.25) is 5.91 Å². The van der Waals surface area contributed by atoms with Crippen molar-refractivity contribution in [3.63, 3.8) is 0 Å². The molecule has 2 aromatic rings. The average molecular weight is 261 g/mol. The van der Waals surface area contributed by atoms with Gasteiger partial charge >= 0.3 is 0 Å². The fraction of sp³-hybridized carbons (Fsp3) is 0.417. The second-order valence-corrected chi connectivity index (χ2v) is 4.41. The van der Waals surface area contributed by atoms with Gasteiger partial charge in [0, 0.05) is 31.3 Å². The first-order valence-electron chi connectivity index (χ1n) is 6.22. The summed E-state index contributed by atoms with van der Waals surface area (Å²) in [6.07, 6.45) is 3.67. The van der Waals surface area contributed by atoms with Gasteiger partial charge in [0.25, 0.3) is 0 Å². The molecule has 1 aliphatic heterocycles. The molecule has 2 aromatic heterocycles. The molecule has 7 heteroatoms. The highest BCUT2D eigenvalue weighted by atomic mass is 16.5. The summed E-state index contributed by atoms with van der Waals surface area (Å²) in [7, 11) is 0. The summed E-state index contributed by atoms with van der Waals surface area (Å²) < 4.78 is 6.92. The van der Waals surface area contributed by atoms with Crippen molar-refractivity contribution in [2.45, 2.75) is 12.5 Å². The Labute approximate surface area is 110 Å². The third kappa shape index (κ3) is 2.72. The Morgan fingerprint density at radius 2 is 2.47 bits per heavy atom. The summed E-state index contributed by atoms with van der Waals surface area (Å²) in [5.41, 5.74) is 0.705. The van der Waals surface area contributed by atoms with E-state index in [9.17, 15) is 4.79 Å². The second kappa shape index (κ2) is 5.33. The number of nitrogens with one attached hydrogen (secondary N) is 2. The van der Waals surface area contributed by atoms with Gasteiger partial charge in [-0.15, -0.1) is 0 Å². The van der Waals surface area contributed by atoms with Crippen molar-refractivity contribution in [2.24, 2.45) is 0 Å². The topological polar surface area (TPSA) is 80.5 Å². The van der Waals surface area contributed by atoms with Crippen LogP contribution in [-0.4, -0.2) is 46.3 Å². The van der Waals surface area contributed by atoms with Crippen molar-refractivity contribution in [3.8, 4) is 0 Å². The number of amides is 1. The molecule has 1 fully saturated rings. The number of nitrogens with zero attached hydrogens (tertiary/aromatic N) is 3. The number of carbonyl (C=O) groups excluding carboxylic acids is 1. The molecule has 3 rings (SSSR count). The highest BCUT2D eigenvalue weighted by Crippen LogP contribution is 2.09. The van der Waals surface area contributed by atoms with Crippen molar-refractivity contribution >= 4 is 17.4 Å². The van der Waals surface area contributed by atoms with Crippen LogP contribution in [0.25, 0.3) is 5.65 Å². The van der Waals surface area contributed by atoms with Crippen molar-refractivity contribution in [2.75, 3.05) is 25.1 Å². The first-order chi connectivity index (χ1) is 9.33. The number of ether oxygens (including phenoxy) is 1. The SMILES string of the molecule is O=C(CC1COCCN1)Nc1ccnc2ccnn12. The predicted octanol–water partition coefficient (Wildman–Crippen LogP) is 0.0463. The third-order valence-corrected chi connectivity index (χ3v) is 2.99. The van der Waals surface area contributed by atoms with Gasteiger partial charge < -0.3 is 15.4 Å². The maximum Gasteiger partial charge on any atom is 0.227 e.